The summed E-state index contributed by atoms with van der Waals surface area (Å²) in [7, 11) is -1.58. The first kappa shape index (κ1) is 14.6. The van der Waals surface area contributed by atoms with Crippen molar-refractivity contribution < 1.29 is 0 Å². The zero-order valence-electron chi connectivity index (χ0n) is 13.7. The van der Waals surface area contributed by atoms with Crippen molar-refractivity contribution in [1.82, 2.24) is 0 Å². The number of rotatable bonds is 2. The van der Waals surface area contributed by atoms with Gasteiger partial charge in [0, 0.05) is 0 Å². The van der Waals surface area contributed by atoms with Crippen molar-refractivity contribution >= 4 is 8.07 Å². The molecule has 2 aliphatic rings. The van der Waals surface area contributed by atoms with E-state index in [0.29, 0.717) is 11.8 Å². The zero-order valence-corrected chi connectivity index (χ0v) is 14.7. The molecule has 0 heterocycles. The van der Waals surface area contributed by atoms with Gasteiger partial charge in [-0.25, -0.2) is 0 Å². The van der Waals surface area contributed by atoms with Crippen LogP contribution in [-0.2, 0) is 0 Å². The second kappa shape index (κ2) is 4.62. The summed E-state index contributed by atoms with van der Waals surface area (Å²) in [5.74, 6) is 0.991. The molecule has 0 aromatic carbocycles. The number of hydrogen-bond acceptors (Lipinski definition) is 0. The largest absolute Gasteiger partial charge is 0.105 e. The topological polar surface area (TPSA) is 0 Å². The van der Waals surface area contributed by atoms with Crippen LogP contribution in [0, 0.1) is 24.0 Å². The normalized spacial score (nSPS) is 28.2. The quantitative estimate of drug-likeness (QED) is 0.605. The lowest BCUT2D eigenvalue weighted by atomic mass is 10.2. The molecule has 2 atom stereocenters. The molecule has 0 N–H and O–H groups in total. The maximum atomic E-state index is 3.61. The van der Waals surface area contributed by atoms with Gasteiger partial charge in [-0.05, 0) is 62.8 Å². The van der Waals surface area contributed by atoms with Gasteiger partial charge in [0.15, 0.2) is 0 Å². The lowest BCUT2D eigenvalue weighted by Gasteiger charge is -2.33. The molecule has 19 heavy (non-hydrogen) atoms. The number of allylic oxidation sites excluding steroid dienone is 8. The average Bonchev–Trinajstić information content (AvgIpc) is 2.66. The van der Waals surface area contributed by atoms with Crippen molar-refractivity contribution in [2.45, 2.75) is 54.6 Å². The molecule has 0 aromatic rings. The Hall–Kier alpha value is -0.823. The zero-order chi connectivity index (χ0) is 14.5. The van der Waals surface area contributed by atoms with Crippen molar-refractivity contribution in [2.75, 3.05) is 0 Å². The van der Waals surface area contributed by atoms with Gasteiger partial charge in [-0.2, -0.15) is 0 Å². The van der Waals surface area contributed by atoms with E-state index >= 15 is 0 Å². The maximum Gasteiger partial charge on any atom is 0.105 e. The van der Waals surface area contributed by atoms with Crippen LogP contribution < -0.4 is 0 Å². The second-order valence-electron chi connectivity index (χ2n) is 6.68. The van der Waals surface area contributed by atoms with Gasteiger partial charge in [0.25, 0.3) is 0 Å². The molecule has 0 spiro atoms. The molecule has 102 valence electrons. The van der Waals surface area contributed by atoms with E-state index in [1.165, 1.54) is 22.3 Å². The van der Waals surface area contributed by atoms with Gasteiger partial charge < -0.3 is 0 Å². The van der Waals surface area contributed by atoms with Crippen molar-refractivity contribution in [3.63, 3.8) is 0 Å². The SMILES string of the molecule is CC1=[C][C@@H](C)C([Si](C)(C)C2=C(C)C(C)=[C][C@@H]2C)=C1C. The fourth-order valence-electron chi connectivity index (χ4n) is 4.23. The summed E-state index contributed by atoms with van der Waals surface area (Å²) in [5.41, 5.74) is 5.73. The highest BCUT2D eigenvalue weighted by molar-refractivity contribution is 6.91. The second-order valence-corrected chi connectivity index (χ2v) is 11.0. The van der Waals surface area contributed by atoms with E-state index in [9.17, 15) is 0 Å². The van der Waals surface area contributed by atoms with Crippen LogP contribution in [0.5, 0.6) is 0 Å². The predicted octanol–water partition coefficient (Wildman–Crippen LogP) is 5.20. The molecule has 2 aliphatic carbocycles. The molecule has 2 radical (unpaired) electrons. The fraction of sp³-hybridized carbons (Fsp3) is 0.556. The Kier molecular flexibility index (Phi) is 3.55. The monoisotopic (exact) mass is 270 g/mol. The Morgan fingerprint density at radius 1 is 0.737 bits per heavy atom. The fourth-order valence-corrected chi connectivity index (χ4v) is 9.08. The highest BCUT2D eigenvalue weighted by atomic mass is 28.3. The standard InChI is InChI=1S/C18H26Si/c1-11-9-13(3)17(15(11)5)19(7,8)18-14(4)10-12(2)16(18)6/h13-14H,1-8H3/t13-,14+. The Balaban J connectivity index is 2.52. The van der Waals surface area contributed by atoms with Crippen LogP contribution in [0.25, 0.3) is 0 Å². The third-order valence-corrected chi connectivity index (χ3v) is 9.32. The van der Waals surface area contributed by atoms with Crippen LogP contribution in [0.1, 0.15) is 41.5 Å². The Morgan fingerprint density at radius 2 is 1.05 bits per heavy atom. The van der Waals surface area contributed by atoms with Gasteiger partial charge in [0.05, 0.1) is 0 Å². The van der Waals surface area contributed by atoms with Crippen molar-refractivity contribution in [3.05, 3.63) is 44.8 Å². The molecular formula is C18H26Si. The molecule has 2 rings (SSSR count). The molecule has 0 amide bonds. The molecule has 0 aliphatic heterocycles. The van der Waals surface area contributed by atoms with E-state index in [1.807, 2.05) is 0 Å². The minimum atomic E-state index is -1.58. The molecule has 0 fully saturated rings. The van der Waals surface area contributed by atoms with Crippen LogP contribution in [-0.4, -0.2) is 8.07 Å². The molecule has 0 saturated carbocycles. The highest BCUT2D eigenvalue weighted by Gasteiger charge is 2.40. The minimum absolute atomic E-state index is 0.495. The molecule has 0 nitrogen and oxygen atoms in total. The first-order chi connectivity index (χ1) is 8.67. The highest BCUT2D eigenvalue weighted by Crippen LogP contribution is 2.44. The summed E-state index contributed by atoms with van der Waals surface area (Å²) in [6.07, 6.45) is 7.23. The van der Waals surface area contributed by atoms with Crippen molar-refractivity contribution in [3.8, 4) is 0 Å². The van der Waals surface area contributed by atoms with Crippen molar-refractivity contribution in [1.29, 1.82) is 0 Å². The molecule has 0 saturated heterocycles. The summed E-state index contributed by atoms with van der Waals surface area (Å²) in [4.78, 5) is 0. The average molecular weight is 270 g/mol. The van der Waals surface area contributed by atoms with Crippen LogP contribution in [0.3, 0.4) is 0 Å². The molecule has 0 unspecified atom stereocenters. The Morgan fingerprint density at radius 3 is 1.26 bits per heavy atom. The lowest BCUT2D eigenvalue weighted by Crippen LogP contribution is -2.37. The van der Waals surface area contributed by atoms with E-state index in [1.54, 1.807) is 10.4 Å². The van der Waals surface area contributed by atoms with Gasteiger partial charge in [-0.15, -0.1) is 0 Å². The van der Waals surface area contributed by atoms with Gasteiger partial charge in [-0.1, -0.05) is 48.5 Å². The summed E-state index contributed by atoms with van der Waals surface area (Å²) < 4.78 is 0. The first-order valence-corrected chi connectivity index (χ1v) is 10.3. The predicted molar refractivity (Wildman–Crippen MR) is 86.1 cm³/mol. The Labute approximate surface area is 120 Å². The van der Waals surface area contributed by atoms with Crippen LogP contribution in [0.4, 0.5) is 0 Å². The van der Waals surface area contributed by atoms with E-state index in [4.69, 9.17) is 0 Å². The van der Waals surface area contributed by atoms with Crippen LogP contribution in [0.2, 0.25) is 13.1 Å². The number of hydrogen-bond donors (Lipinski definition) is 0. The third-order valence-electron chi connectivity index (χ3n) is 5.01. The summed E-state index contributed by atoms with van der Waals surface area (Å²) in [6, 6.07) is 0. The Bertz CT molecular complexity index is 490. The van der Waals surface area contributed by atoms with E-state index in [2.05, 4.69) is 66.8 Å². The van der Waals surface area contributed by atoms with Gasteiger partial charge >= 0.3 is 0 Å². The van der Waals surface area contributed by atoms with E-state index in [0.717, 1.165) is 0 Å². The van der Waals surface area contributed by atoms with Gasteiger partial charge in [0.1, 0.15) is 8.07 Å². The van der Waals surface area contributed by atoms with E-state index in [-0.39, 0.29) is 0 Å². The minimum Gasteiger partial charge on any atom is -0.0662 e. The van der Waals surface area contributed by atoms with Crippen LogP contribution in [0.15, 0.2) is 32.7 Å². The smallest absolute Gasteiger partial charge is 0.0662 e. The summed E-state index contributed by atoms with van der Waals surface area (Å²) in [6.45, 7) is 18.6. The maximum absolute atomic E-state index is 3.61. The van der Waals surface area contributed by atoms with Gasteiger partial charge in [0.2, 0.25) is 0 Å². The molecule has 0 aromatic heterocycles. The van der Waals surface area contributed by atoms with Crippen LogP contribution >= 0.6 is 0 Å². The molecule has 1 heteroatoms. The third kappa shape index (κ3) is 2.12. The molecular weight excluding hydrogens is 244 g/mol. The lowest BCUT2D eigenvalue weighted by molar-refractivity contribution is 0.863. The first-order valence-electron chi connectivity index (χ1n) is 7.31. The van der Waals surface area contributed by atoms with Gasteiger partial charge in [-0.3, -0.25) is 0 Å². The van der Waals surface area contributed by atoms with Crippen molar-refractivity contribution in [2.24, 2.45) is 11.8 Å². The summed E-state index contributed by atoms with van der Waals surface area (Å²) >= 11 is 0. The summed E-state index contributed by atoms with van der Waals surface area (Å²) in [5, 5.41) is 3.37. The molecule has 0 bridgehead atoms. The van der Waals surface area contributed by atoms with E-state index < -0.39 is 8.07 Å².